The van der Waals surface area contributed by atoms with Crippen LogP contribution in [-0.4, -0.2) is 23.6 Å². The highest BCUT2D eigenvalue weighted by Crippen LogP contribution is 2.14. The van der Waals surface area contributed by atoms with Crippen molar-refractivity contribution in [1.82, 2.24) is 15.8 Å². The molecule has 7 heteroatoms. The van der Waals surface area contributed by atoms with Crippen LogP contribution < -0.4 is 16.0 Å². The van der Waals surface area contributed by atoms with Crippen molar-refractivity contribution in [3.8, 4) is 0 Å². The van der Waals surface area contributed by atoms with Gasteiger partial charge in [0.2, 0.25) is 5.91 Å². The molecule has 3 N–H and O–H groups in total. The SMILES string of the molecule is CCNC(=NCc1ccc(NC(=O)C(C)C)cc1)NCc1cc(C(C)C)no1. The molecule has 0 aliphatic carbocycles. The van der Waals surface area contributed by atoms with Crippen molar-refractivity contribution in [2.24, 2.45) is 10.9 Å². The van der Waals surface area contributed by atoms with Crippen LogP contribution in [0.15, 0.2) is 39.8 Å². The molecule has 0 unspecified atom stereocenters. The van der Waals surface area contributed by atoms with Crippen LogP contribution in [0.2, 0.25) is 0 Å². The molecule has 2 rings (SSSR count). The maximum Gasteiger partial charge on any atom is 0.226 e. The third-order valence-electron chi connectivity index (χ3n) is 4.11. The van der Waals surface area contributed by atoms with E-state index in [-0.39, 0.29) is 11.8 Å². The van der Waals surface area contributed by atoms with Gasteiger partial charge in [-0.15, -0.1) is 0 Å². The first-order chi connectivity index (χ1) is 13.4. The predicted molar refractivity (Wildman–Crippen MR) is 112 cm³/mol. The summed E-state index contributed by atoms with van der Waals surface area (Å²) in [5.74, 6) is 1.80. The molecule has 0 aliphatic rings. The average molecular weight is 386 g/mol. The topological polar surface area (TPSA) is 91.5 Å². The lowest BCUT2D eigenvalue weighted by atomic mass is 10.1. The number of amides is 1. The molecule has 7 nitrogen and oxygen atoms in total. The molecule has 2 aromatic rings. The number of carbonyl (C=O) groups excluding carboxylic acids is 1. The summed E-state index contributed by atoms with van der Waals surface area (Å²) in [6, 6.07) is 9.69. The van der Waals surface area contributed by atoms with E-state index in [1.165, 1.54) is 0 Å². The summed E-state index contributed by atoms with van der Waals surface area (Å²) < 4.78 is 5.35. The normalized spacial score (nSPS) is 11.8. The van der Waals surface area contributed by atoms with Gasteiger partial charge in [-0.05, 0) is 30.5 Å². The second-order valence-corrected chi connectivity index (χ2v) is 7.26. The van der Waals surface area contributed by atoms with Gasteiger partial charge in [-0.2, -0.15) is 0 Å². The van der Waals surface area contributed by atoms with E-state index in [1.807, 2.05) is 51.1 Å². The van der Waals surface area contributed by atoms with E-state index in [1.54, 1.807) is 0 Å². The summed E-state index contributed by atoms with van der Waals surface area (Å²) in [6.45, 7) is 11.7. The number of anilines is 1. The standard InChI is InChI=1S/C21H31N5O2/c1-6-22-21(24-13-18-11-19(14(2)3)26-28-18)23-12-16-7-9-17(10-8-16)25-20(27)15(4)5/h7-11,14-15H,6,12-13H2,1-5H3,(H,25,27)(H2,22,23,24). The van der Waals surface area contributed by atoms with Gasteiger partial charge in [-0.1, -0.05) is 45.0 Å². The fourth-order valence-corrected chi connectivity index (χ4v) is 2.35. The van der Waals surface area contributed by atoms with Gasteiger partial charge in [0, 0.05) is 24.2 Å². The van der Waals surface area contributed by atoms with Crippen LogP contribution in [-0.2, 0) is 17.9 Å². The zero-order valence-corrected chi connectivity index (χ0v) is 17.4. The Labute approximate surface area is 167 Å². The first-order valence-electron chi connectivity index (χ1n) is 9.76. The highest BCUT2D eigenvalue weighted by Gasteiger charge is 2.09. The molecule has 1 aromatic carbocycles. The lowest BCUT2D eigenvalue weighted by molar-refractivity contribution is -0.118. The molecular weight excluding hydrogens is 354 g/mol. The van der Waals surface area contributed by atoms with Crippen LogP contribution in [0.3, 0.4) is 0 Å². The molecule has 0 atom stereocenters. The van der Waals surface area contributed by atoms with E-state index in [0.29, 0.717) is 25.0 Å². The third kappa shape index (κ3) is 6.72. The van der Waals surface area contributed by atoms with E-state index < -0.39 is 0 Å². The smallest absolute Gasteiger partial charge is 0.226 e. The van der Waals surface area contributed by atoms with Gasteiger partial charge in [-0.3, -0.25) is 4.79 Å². The molecular formula is C21H31N5O2. The minimum absolute atomic E-state index is 0.0115. The molecule has 0 spiro atoms. The Hall–Kier alpha value is -2.83. The highest BCUT2D eigenvalue weighted by atomic mass is 16.5. The Kier molecular flexibility index (Phi) is 8.04. The Balaban J connectivity index is 1.92. The van der Waals surface area contributed by atoms with Gasteiger partial charge >= 0.3 is 0 Å². The largest absolute Gasteiger partial charge is 0.359 e. The fourth-order valence-electron chi connectivity index (χ4n) is 2.35. The second-order valence-electron chi connectivity index (χ2n) is 7.26. The molecule has 0 saturated carbocycles. The molecule has 0 saturated heterocycles. The molecule has 152 valence electrons. The number of carbonyl (C=O) groups is 1. The minimum Gasteiger partial charge on any atom is -0.359 e. The van der Waals surface area contributed by atoms with Gasteiger partial charge < -0.3 is 20.5 Å². The van der Waals surface area contributed by atoms with Crippen molar-refractivity contribution in [2.45, 2.75) is 53.6 Å². The van der Waals surface area contributed by atoms with Crippen molar-refractivity contribution >= 4 is 17.6 Å². The highest BCUT2D eigenvalue weighted by molar-refractivity contribution is 5.92. The Bertz CT molecular complexity index is 778. The average Bonchev–Trinajstić information content (AvgIpc) is 3.14. The van der Waals surface area contributed by atoms with E-state index in [0.717, 1.165) is 29.2 Å². The number of nitrogens with one attached hydrogen (secondary N) is 3. The zero-order valence-electron chi connectivity index (χ0n) is 17.4. The summed E-state index contributed by atoms with van der Waals surface area (Å²) >= 11 is 0. The van der Waals surface area contributed by atoms with E-state index in [4.69, 9.17) is 4.52 Å². The minimum atomic E-state index is -0.0426. The number of nitrogens with zero attached hydrogens (tertiary/aromatic N) is 2. The summed E-state index contributed by atoms with van der Waals surface area (Å²) in [5, 5.41) is 13.4. The van der Waals surface area contributed by atoms with Gasteiger partial charge in [0.05, 0.1) is 18.8 Å². The molecule has 0 fully saturated rings. The number of aromatic nitrogens is 1. The van der Waals surface area contributed by atoms with Crippen LogP contribution in [0.1, 0.15) is 57.6 Å². The number of rotatable bonds is 8. The fraction of sp³-hybridized carbons (Fsp3) is 0.476. The van der Waals surface area contributed by atoms with Crippen molar-refractivity contribution < 1.29 is 9.32 Å². The summed E-state index contributed by atoms with van der Waals surface area (Å²) in [4.78, 5) is 16.4. The van der Waals surface area contributed by atoms with Crippen molar-refractivity contribution in [3.63, 3.8) is 0 Å². The zero-order chi connectivity index (χ0) is 20.5. The van der Waals surface area contributed by atoms with Crippen LogP contribution in [0, 0.1) is 5.92 Å². The Morgan fingerprint density at radius 2 is 1.86 bits per heavy atom. The Morgan fingerprint density at radius 3 is 2.43 bits per heavy atom. The number of hydrogen-bond donors (Lipinski definition) is 3. The number of aliphatic imine (C=N–C) groups is 1. The summed E-state index contributed by atoms with van der Waals surface area (Å²) in [6.07, 6.45) is 0. The monoisotopic (exact) mass is 385 g/mol. The van der Waals surface area contributed by atoms with Crippen molar-refractivity contribution in [1.29, 1.82) is 0 Å². The first-order valence-corrected chi connectivity index (χ1v) is 9.76. The van der Waals surface area contributed by atoms with Crippen LogP contribution >= 0.6 is 0 Å². The molecule has 0 bridgehead atoms. The van der Waals surface area contributed by atoms with Gasteiger partial charge in [0.25, 0.3) is 0 Å². The predicted octanol–water partition coefficient (Wildman–Crippen LogP) is 3.65. The molecule has 1 heterocycles. The quantitative estimate of drug-likeness (QED) is 0.477. The molecule has 28 heavy (non-hydrogen) atoms. The maximum atomic E-state index is 11.8. The van der Waals surface area contributed by atoms with Gasteiger partial charge in [0.15, 0.2) is 11.7 Å². The van der Waals surface area contributed by atoms with Crippen LogP contribution in [0.25, 0.3) is 0 Å². The number of benzene rings is 1. The molecule has 1 aromatic heterocycles. The maximum absolute atomic E-state index is 11.8. The summed E-state index contributed by atoms with van der Waals surface area (Å²) in [5.41, 5.74) is 2.80. The molecule has 0 aliphatic heterocycles. The molecule has 0 radical (unpaired) electrons. The van der Waals surface area contributed by atoms with E-state index >= 15 is 0 Å². The lowest BCUT2D eigenvalue weighted by Gasteiger charge is -2.10. The van der Waals surface area contributed by atoms with Gasteiger partial charge in [0.1, 0.15) is 0 Å². The lowest BCUT2D eigenvalue weighted by Crippen LogP contribution is -2.36. The van der Waals surface area contributed by atoms with Crippen LogP contribution in [0.5, 0.6) is 0 Å². The van der Waals surface area contributed by atoms with Crippen LogP contribution in [0.4, 0.5) is 5.69 Å². The molecule has 1 amide bonds. The Morgan fingerprint density at radius 1 is 1.14 bits per heavy atom. The number of hydrogen-bond acceptors (Lipinski definition) is 4. The summed E-state index contributed by atoms with van der Waals surface area (Å²) in [7, 11) is 0. The first kappa shape index (κ1) is 21.5. The third-order valence-corrected chi connectivity index (χ3v) is 4.11. The van der Waals surface area contributed by atoms with E-state index in [9.17, 15) is 4.79 Å². The second kappa shape index (κ2) is 10.5. The number of guanidine groups is 1. The van der Waals surface area contributed by atoms with Crippen molar-refractivity contribution in [3.05, 3.63) is 47.3 Å². The van der Waals surface area contributed by atoms with Gasteiger partial charge in [-0.25, -0.2) is 4.99 Å². The van der Waals surface area contributed by atoms with E-state index in [2.05, 4.69) is 39.9 Å². The van der Waals surface area contributed by atoms with Crippen molar-refractivity contribution in [2.75, 3.05) is 11.9 Å².